The van der Waals surface area contributed by atoms with E-state index < -0.39 is 17.9 Å². The summed E-state index contributed by atoms with van der Waals surface area (Å²) < 4.78 is 5.28. The molecule has 1 fully saturated rings. The molecule has 2 rings (SSSR count). The fourth-order valence-electron chi connectivity index (χ4n) is 3.66. The van der Waals surface area contributed by atoms with E-state index in [1.165, 1.54) is 5.48 Å². The number of hydroxylamine groups is 1. The average molecular weight is 393 g/mol. The lowest BCUT2D eigenvalue weighted by atomic mass is 9.89. The molecule has 0 radical (unpaired) electrons. The molecule has 8 nitrogen and oxygen atoms in total. The summed E-state index contributed by atoms with van der Waals surface area (Å²) in [6.07, 6.45) is -1.22. The molecule has 0 bridgehead atoms. The minimum atomic E-state index is -1.58. The van der Waals surface area contributed by atoms with Gasteiger partial charge in [-0.3, -0.25) is 14.8 Å². The first kappa shape index (κ1) is 22.0. The number of amides is 2. The predicted octanol–water partition coefficient (Wildman–Crippen LogP) is 1.26. The first-order valence-electron chi connectivity index (χ1n) is 9.60. The molecule has 0 spiro atoms. The molecule has 1 aliphatic rings. The van der Waals surface area contributed by atoms with E-state index >= 15 is 0 Å². The van der Waals surface area contributed by atoms with Crippen LogP contribution in [0.3, 0.4) is 0 Å². The standard InChI is InChI=1S/C20H31N3O5/c1-13(2)10-17(18(24)19(25)21-27)20(26)23-9-8-22(12-14(23)3)15-6-5-7-16(11-15)28-4/h5-7,11,13-14,17-18,24,27H,8-10,12H2,1-4H3,(H,21,25)/t14-,17?,18?/m1/s1. The summed E-state index contributed by atoms with van der Waals surface area (Å²) in [7, 11) is 1.63. The Balaban J connectivity index is 2.12. The number of benzene rings is 1. The Morgan fingerprint density at radius 2 is 2.04 bits per heavy atom. The molecule has 28 heavy (non-hydrogen) atoms. The number of hydrogen-bond donors (Lipinski definition) is 3. The van der Waals surface area contributed by atoms with Crippen LogP contribution in [0.4, 0.5) is 5.69 Å². The van der Waals surface area contributed by atoms with Crippen LogP contribution in [0, 0.1) is 11.8 Å². The molecule has 2 unspecified atom stereocenters. The zero-order chi connectivity index (χ0) is 20.8. The molecular weight excluding hydrogens is 362 g/mol. The van der Waals surface area contributed by atoms with Gasteiger partial charge in [0, 0.05) is 37.4 Å². The number of piperazine rings is 1. The van der Waals surface area contributed by atoms with Crippen LogP contribution in [0.2, 0.25) is 0 Å². The van der Waals surface area contributed by atoms with Gasteiger partial charge in [0.05, 0.1) is 13.0 Å². The van der Waals surface area contributed by atoms with Crippen LogP contribution >= 0.6 is 0 Å². The van der Waals surface area contributed by atoms with Crippen LogP contribution in [0.5, 0.6) is 5.75 Å². The van der Waals surface area contributed by atoms with Gasteiger partial charge in [-0.1, -0.05) is 19.9 Å². The molecule has 0 saturated carbocycles. The number of anilines is 1. The summed E-state index contributed by atoms with van der Waals surface area (Å²) in [5.41, 5.74) is 2.47. The van der Waals surface area contributed by atoms with Gasteiger partial charge < -0.3 is 19.6 Å². The Bertz CT molecular complexity index is 682. The van der Waals surface area contributed by atoms with Gasteiger partial charge in [0.15, 0.2) is 0 Å². The van der Waals surface area contributed by atoms with Gasteiger partial charge in [-0.2, -0.15) is 0 Å². The molecular formula is C20H31N3O5. The topological polar surface area (TPSA) is 102 Å². The van der Waals surface area contributed by atoms with Crippen LogP contribution in [0.25, 0.3) is 0 Å². The van der Waals surface area contributed by atoms with Gasteiger partial charge in [-0.05, 0) is 31.4 Å². The van der Waals surface area contributed by atoms with E-state index in [1.54, 1.807) is 12.0 Å². The van der Waals surface area contributed by atoms with E-state index in [-0.39, 0.29) is 17.9 Å². The molecule has 156 valence electrons. The molecule has 0 aromatic heterocycles. The number of carbonyl (C=O) groups excluding carboxylic acids is 2. The third kappa shape index (κ3) is 5.14. The first-order valence-corrected chi connectivity index (χ1v) is 9.60. The lowest BCUT2D eigenvalue weighted by Crippen LogP contribution is -2.57. The van der Waals surface area contributed by atoms with Gasteiger partial charge in [0.1, 0.15) is 11.9 Å². The van der Waals surface area contributed by atoms with Crippen molar-refractivity contribution in [2.24, 2.45) is 11.8 Å². The molecule has 1 heterocycles. The maximum atomic E-state index is 13.1. The average Bonchev–Trinajstić information content (AvgIpc) is 2.70. The summed E-state index contributed by atoms with van der Waals surface area (Å²) in [4.78, 5) is 28.7. The maximum absolute atomic E-state index is 13.1. The fourth-order valence-corrected chi connectivity index (χ4v) is 3.66. The van der Waals surface area contributed by atoms with Gasteiger partial charge >= 0.3 is 0 Å². The summed E-state index contributed by atoms with van der Waals surface area (Å²) in [5, 5.41) is 19.1. The zero-order valence-electron chi connectivity index (χ0n) is 17.0. The second-order valence-electron chi connectivity index (χ2n) is 7.69. The monoisotopic (exact) mass is 393 g/mol. The molecule has 8 heteroatoms. The minimum Gasteiger partial charge on any atom is -0.497 e. The number of aliphatic hydroxyl groups excluding tert-OH is 1. The van der Waals surface area contributed by atoms with Crippen molar-refractivity contribution in [3.8, 4) is 5.75 Å². The van der Waals surface area contributed by atoms with Gasteiger partial charge in [0.2, 0.25) is 5.91 Å². The third-order valence-corrected chi connectivity index (χ3v) is 5.13. The van der Waals surface area contributed by atoms with E-state index in [2.05, 4.69) is 4.90 Å². The van der Waals surface area contributed by atoms with Crippen molar-refractivity contribution in [2.75, 3.05) is 31.6 Å². The number of nitrogens with zero attached hydrogens (tertiary/aromatic N) is 2. The Labute approximate surface area is 166 Å². The summed E-state index contributed by atoms with van der Waals surface area (Å²) in [6.45, 7) is 7.56. The summed E-state index contributed by atoms with van der Waals surface area (Å²) in [5.74, 6) is -1.22. The predicted molar refractivity (Wildman–Crippen MR) is 105 cm³/mol. The highest BCUT2D eigenvalue weighted by molar-refractivity contribution is 5.89. The van der Waals surface area contributed by atoms with Crippen LogP contribution in [-0.2, 0) is 9.59 Å². The van der Waals surface area contributed by atoms with E-state index in [4.69, 9.17) is 9.94 Å². The highest BCUT2D eigenvalue weighted by Crippen LogP contribution is 2.26. The van der Waals surface area contributed by atoms with Crippen molar-refractivity contribution in [3.05, 3.63) is 24.3 Å². The quantitative estimate of drug-likeness (QED) is 0.476. The molecule has 1 aliphatic heterocycles. The van der Waals surface area contributed by atoms with Gasteiger partial charge in [0.25, 0.3) is 5.91 Å². The van der Waals surface area contributed by atoms with Crippen LogP contribution in [-0.4, -0.2) is 65.9 Å². The lowest BCUT2D eigenvalue weighted by molar-refractivity contribution is -0.152. The van der Waals surface area contributed by atoms with E-state index in [9.17, 15) is 14.7 Å². The van der Waals surface area contributed by atoms with Gasteiger partial charge in [-0.25, -0.2) is 5.48 Å². The zero-order valence-corrected chi connectivity index (χ0v) is 17.0. The van der Waals surface area contributed by atoms with E-state index in [0.717, 1.165) is 11.4 Å². The highest BCUT2D eigenvalue weighted by atomic mass is 16.5. The van der Waals surface area contributed by atoms with Crippen molar-refractivity contribution in [3.63, 3.8) is 0 Å². The minimum absolute atomic E-state index is 0.0912. The fraction of sp³-hybridized carbons (Fsp3) is 0.600. The molecule has 1 saturated heterocycles. The Hall–Kier alpha value is -2.32. The van der Waals surface area contributed by atoms with Crippen molar-refractivity contribution >= 4 is 17.5 Å². The highest BCUT2D eigenvalue weighted by Gasteiger charge is 2.38. The number of nitrogens with one attached hydrogen (secondary N) is 1. The van der Waals surface area contributed by atoms with E-state index in [1.807, 2.05) is 45.0 Å². The second-order valence-corrected chi connectivity index (χ2v) is 7.69. The smallest absolute Gasteiger partial charge is 0.272 e. The van der Waals surface area contributed by atoms with Crippen LogP contribution in [0.1, 0.15) is 27.2 Å². The van der Waals surface area contributed by atoms with Crippen LogP contribution in [0.15, 0.2) is 24.3 Å². The number of rotatable bonds is 7. The van der Waals surface area contributed by atoms with Crippen molar-refractivity contribution in [1.29, 1.82) is 0 Å². The lowest BCUT2D eigenvalue weighted by Gasteiger charge is -2.42. The first-order chi connectivity index (χ1) is 13.3. The molecule has 3 N–H and O–H groups in total. The molecule has 1 aromatic rings. The van der Waals surface area contributed by atoms with Crippen LogP contribution < -0.4 is 15.1 Å². The van der Waals surface area contributed by atoms with Crippen molar-refractivity contribution < 1.29 is 24.6 Å². The second kappa shape index (κ2) is 9.75. The Kier molecular flexibility index (Phi) is 7.65. The summed E-state index contributed by atoms with van der Waals surface area (Å²) >= 11 is 0. The normalized spacial score (nSPS) is 19.3. The Morgan fingerprint density at radius 3 is 2.61 bits per heavy atom. The largest absolute Gasteiger partial charge is 0.497 e. The number of hydrogen-bond acceptors (Lipinski definition) is 6. The number of aliphatic hydroxyl groups is 1. The summed E-state index contributed by atoms with van der Waals surface area (Å²) in [6, 6.07) is 7.69. The number of methoxy groups -OCH3 is 1. The number of ether oxygens (including phenoxy) is 1. The third-order valence-electron chi connectivity index (χ3n) is 5.13. The van der Waals surface area contributed by atoms with Crippen molar-refractivity contribution in [2.45, 2.75) is 39.3 Å². The molecule has 2 amide bonds. The molecule has 0 aliphatic carbocycles. The van der Waals surface area contributed by atoms with Gasteiger partial charge in [-0.15, -0.1) is 0 Å². The maximum Gasteiger partial charge on any atom is 0.272 e. The van der Waals surface area contributed by atoms with Crippen molar-refractivity contribution in [1.82, 2.24) is 10.4 Å². The molecule has 1 aromatic carbocycles. The SMILES string of the molecule is COc1cccc(N2CCN(C(=O)C(CC(C)C)C(O)C(=O)NO)[C@H](C)C2)c1. The number of carbonyl (C=O) groups is 2. The molecule has 3 atom stereocenters. The Morgan fingerprint density at radius 1 is 1.32 bits per heavy atom. The van der Waals surface area contributed by atoms with E-state index in [0.29, 0.717) is 26.1 Å².